The number of ether oxygens (including phenoxy) is 1. The summed E-state index contributed by atoms with van der Waals surface area (Å²) in [7, 11) is 3.34. The highest BCUT2D eigenvalue weighted by atomic mass is 127. The van der Waals surface area contributed by atoms with Gasteiger partial charge in [-0.3, -0.25) is 4.79 Å². The largest absolute Gasteiger partial charge is 0.481 e. The van der Waals surface area contributed by atoms with Gasteiger partial charge in [0.15, 0.2) is 0 Å². The molecule has 7 heteroatoms. The highest BCUT2D eigenvalue weighted by Crippen LogP contribution is 2.29. The molecule has 90 valence electrons. The Morgan fingerprint density at radius 3 is 2.82 bits per heavy atom. The van der Waals surface area contributed by atoms with Crippen LogP contribution in [-0.4, -0.2) is 26.9 Å². The molecule has 6 nitrogen and oxygen atoms in total. The topological polar surface area (TPSA) is 72.8 Å². The average molecular weight is 346 g/mol. The number of aryl methyl sites for hydroxylation is 2. The molecule has 0 radical (unpaired) electrons. The minimum Gasteiger partial charge on any atom is -0.481 e. The quantitative estimate of drug-likeness (QED) is 0.827. The molecular weight excluding hydrogens is 335 g/mol. The van der Waals surface area contributed by atoms with Gasteiger partial charge < -0.3 is 9.72 Å². The normalized spacial score (nSPS) is 10.6. The first-order valence-corrected chi connectivity index (χ1v) is 5.95. The Bertz CT molecular complexity index is 617. The van der Waals surface area contributed by atoms with E-state index in [1.165, 1.54) is 6.20 Å². The SMILES string of the molecule is COc1c(-c2ncc(I)c(=O)[nH]2)c(C)nn1C. The highest BCUT2D eigenvalue weighted by Gasteiger charge is 2.18. The summed E-state index contributed by atoms with van der Waals surface area (Å²) >= 11 is 1.93. The predicted octanol–water partition coefficient (Wildman–Crippen LogP) is 1.09. The molecule has 0 saturated heterocycles. The van der Waals surface area contributed by atoms with E-state index in [2.05, 4.69) is 15.1 Å². The van der Waals surface area contributed by atoms with Crippen LogP contribution in [0.2, 0.25) is 0 Å². The number of rotatable bonds is 2. The van der Waals surface area contributed by atoms with Crippen LogP contribution in [0, 0.1) is 10.5 Å². The van der Waals surface area contributed by atoms with Crippen LogP contribution in [0.4, 0.5) is 0 Å². The van der Waals surface area contributed by atoms with Gasteiger partial charge in [0.05, 0.1) is 16.4 Å². The molecule has 0 saturated carbocycles. The van der Waals surface area contributed by atoms with Gasteiger partial charge in [-0.2, -0.15) is 5.10 Å². The van der Waals surface area contributed by atoms with E-state index in [0.717, 1.165) is 5.69 Å². The maximum atomic E-state index is 11.6. The van der Waals surface area contributed by atoms with E-state index < -0.39 is 0 Å². The van der Waals surface area contributed by atoms with E-state index in [4.69, 9.17) is 4.74 Å². The number of aromatic amines is 1. The van der Waals surface area contributed by atoms with E-state index in [9.17, 15) is 4.79 Å². The van der Waals surface area contributed by atoms with Crippen molar-refractivity contribution < 1.29 is 4.74 Å². The Kier molecular flexibility index (Phi) is 3.18. The first-order chi connectivity index (χ1) is 8.04. The molecule has 0 spiro atoms. The monoisotopic (exact) mass is 346 g/mol. The summed E-state index contributed by atoms with van der Waals surface area (Å²) in [5.41, 5.74) is 1.30. The molecule has 17 heavy (non-hydrogen) atoms. The van der Waals surface area contributed by atoms with Gasteiger partial charge in [0.2, 0.25) is 5.88 Å². The number of aromatic nitrogens is 4. The zero-order chi connectivity index (χ0) is 12.6. The first-order valence-electron chi connectivity index (χ1n) is 4.87. The van der Waals surface area contributed by atoms with Gasteiger partial charge in [-0.15, -0.1) is 0 Å². The molecule has 2 rings (SSSR count). The number of hydrogen-bond acceptors (Lipinski definition) is 4. The van der Waals surface area contributed by atoms with Crippen LogP contribution in [0.25, 0.3) is 11.4 Å². The third-order valence-corrected chi connectivity index (χ3v) is 3.12. The number of nitrogens with one attached hydrogen (secondary N) is 1. The first kappa shape index (κ1) is 12.1. The van der Waals surface area contributed by atoms with Crippen LogP contribution < -0.4 is 10.3 Å². The van der Waals surface area contributed by atoms with Crippen LogP contribution in [0.3, 0.4) is 0 Å². The smallest absolute Gasteiger partial charge is 0.264 e. The minimum absolute atomic E-state index is 0.166. The lowest BCUT2D eigenvalue weighted by atomic mass is 10.2. The molecule has 2 heterocycles. The summed E-state index contributed by atoms with van der Waals surface area (Å²) in [5.74, 6) is 1.05. The van der Waals surface area contributed by atoms with Crippen molar-refractivity contribution in [3.8, 4) is 17.3 Å². The number of halogens is 1. The van der Waals surface area contributed by atoms with Crippen molar-refractivity contribution in [3.63, 3.8) is 0 Å². The summed E-state index contributed by atoms with van der Waals surface area (Å²) in [6, 6.07) is 0. The fourth-order valence-corrected chi connectivity index (χ4v) is 1.92. The zero-order valence-electron chi connectivity index (χ0n) is 9.61. The lowest BCUT2D eigenvalue weighted by molar-refractivity contribution is 0.374. The van der Waals surface area contributed by atoms with Gasteiger partial charge in [0, 0.05) is 13.2 Å². The lowest BCUT2D eigenvalue weighted by Crippen LogP contribution is -2.11. The number of H-pyrrole nitrogens is 1. The van der Waals surface area contributed by atoms with E-state index in [1.807, 2.05) is 29.5 Å². The predicted molar refractivity (Wildman–Crippen MR) is 71.1 cm³/mol. The van der Waals surface area contributed by atoms with E-state index in [-0.39, 0.29) is 5.56 Å². The summed E-state index contributed by atoms with van der Waals surface area (Å²) in [6.45, 7) is 1.84. The minimum atomic E-state index is -0.166. The van der Waals surface area contributed by atoms with Crippen molar-refractivity contribution >= 4 is 22.6 Å². The van der Waals surface area contributed by atoms with E-state index in [1.54, 1.807) is 18.8 Å². The van der Waals surface area contributed by atoms with Crippen molar-refractivity contribution in [2.75, 3.05) is 7.11 Å². The van der Waals surface area contributed by atoms with Gasteiger partial charge in [-0.25, -0.2) is 9.67 Å². The third kappa shape index (κ3) is 2.06. The van der Waals surface area contributed by atoms with Gasteiger partial charge in [0.1, 0.15) is 11.4 Å². The van der Waals surface area contributed by atoms with Crippen molar-refractivity contribution in [3.05, 3.63) is 25.8 Å². The zero-order valence-corrected chi connectivity index (χ0v) is 11.8. The fraction of sp³-hybridized carbons (Fsp3) is 0.300. The molecule has 0 amide bonds. The number of nitrogens with zero attached hydrogens (tertiary/aromatic N) is 3. The molecule has 0 fully saturated rings. The van der Waals surface area contributed by atoms with Crippen molar-refractivity contribution in [2.24, 2.45) is 7.05 Å². The Morgan fingerprint density at radius 2 is 2.24 bits per heavy atom. The summed E-state index contributed by atoms with van der Waals surface area (Å²) < 4.78 is 7.42. The molecule has 0 aliphatic heterocycles. The maximum absolute atomic E-state index is 11.6. The molecule has 2 aromatic heterocycles. The molecule has 0 aliphatic rings. The number of hydrogen-bond donors (Lipinski definition) is 1. The van der Waals surface area contributed by atoms with Crippen LogP contribution in [0.15, 0.2) is 11.0 Å². The average Bonchev–Trinajstić information content (AvgIpc) is 2.57. The Morgan fingerprint density at radius 1 is 1.53 bits per heavy atom. The lowest BCUT2D eigenvalue weighted by Gasteiger charge is -2.04. The highest BCUT2D eigenvalue weighted by molar-refractivity contribution is 14.1. The standard InChI is InChI=1S/C10H11IN4O2/c1-5-7(10(17-3)15(2)14-5)8-12-4-6(11)9(16)13-8/h4H,1-3H3,(H,12,13,16). The molecule has 0 aromatic carbocycles. The Labute approximate surface area is 111 Å². The van der Waals surface area contributed by atoms with Crippen LogP contribution >= 0.6 is 22.6 Å². The van der Waals surface area contributed by atoms with Crippen molar-refractivity contribution in [2.45, 2.75) is 6.92 Å². The van der Waals surface area contributed by atoms with Gasteiger partial charge >= 0.3 is 0 Å². The number of methoxy groups -OCH3 is 1. The Balaban J connectivity index is 2.67. The van der Waals surface area contributed by atoms with Gasteiger partial charge in [0.25, 0.3) is 5.56 Å². The maximum Gasteiger partial charge on any atom is 0.264 e. The summed E-state index contributed by atoms with van der Waals surface area (Å²) in [6.07, 6.45) is 1.53. The van der Waals surface area contributed by atoms with E-state index >= 15 is 0 Å². The molecule has 0 unspecified atom stereocenters. The second-order valence-electron chi connectivity index (χ2n) is 3.50. The Hall–Kier alpha value is -1.38. The molecule has 0 atom stereocenters. The van der Waals surface area contributed by atoms with E-state index in [0.29, 0.717) is 20.8 Å². The summed E-state index contributed by atoms with van der Waals surface area (Å²) in [5, 5.41) is 4.24. The van der Waals surface area contributed by atoms with Crippen molar-refractivity contribution in [1.82, 2.24) is 19.7 Å². The van der Waals surface area contributed by atoms with Crippen LogP contribution in [0.1, 0.15) is 5.69 Å². The second-order valence-corrected chi connectivity index (χ2v) is 4.66. The van der Waals surface area contributed by atoms with Gasteiger partial charge in [-0.05, 0) is 29.5 Å². The molecular formula is C10H11IN4O2. The van der Waals surface area contributed by atoms with Crippen LogP contribution in [0.5, 0.6) is 5.88 Å². The molecule has 1 N–H and O–H groups in total. The van der Waals surface area contributed by atoms with Gasteiger partial charge in [-0.1, -0.05) is 0 Å². The fourth-order valence-electron chi connectivity index (χ4n) is 1.65. The molecule has 2 aromatic rings. The van der Waals surface area contributed by atoms with Crippen molar-refractivity contribution in [1.29, 1.82) is 0 Å². The second kappa shape index (κ2) is 4.47. The molecule has 0 bridgehead atoms. The molecule has 0 aliphatic carbocycles. The third-order valence-electron chi connectivity index (χ3n) is 2.36. The van der Waals surface area contributed by atoms with Crippen LogP contribution in [-0.2, 0) is 7.05 Å². The summed E-state index contributed by atoms with van der Waals surface area (Å²) in [4.78, 5) is 18.5.